The Morgan fingerprint density at radius 1 is 1.03 bits per heavy atom. The number of hydrogen-bond acceptors (Lipinski definition) is 7. The Morgan fingerprint density at radius 2 is 1.77 bits per heavy atom. The first kappa shape index (κ1) is 24.3. The SMILES string of the molecule is COc1ccc(C(=O)N(C)CC(=O)N2N=C(c3cccs3)C[C@H]2c2ccc(OC)c(OC)c2)cc1. The molecule has 2 heterocycles. The van der Waals surface area contributed by atoms with Crippen molar-refractivity contribution in [2.75, 3.05) is 34.9 Å². The van der Waals surface area contributed by atoms with Crippen LogP contribution >= 0.6 is 11.3 Å². The second-order valence-electron chi connectivity index (χ2n) is 7.99. The fourth-order valence-corrected chi connectivity index (χ4v) is 4.67. The van der Waals surface area contributed by atoms with Gasteiger partial charge in [-0.25, -0.2) is 5.01 Å². The number of ether oxygens (including phenoxy) is 3. The van der Waals surface area contributed by atoms with Crippen molar-refractivity contribution in [3.8, 4) is 17.2 Å². The van der Waals surface area contributed by atoms with E-state index in [1.807, 2.05) is 35.7 Å². The third kappa shape index (κ3) is 5.14. The van der Waals surface area contributed by atoms with Gasteiger partial charge < -0.3 is 19.1 Å². The topological polar surface area (TPSA) is 80.7 Å². The number of thiophene rings is 1. The molecular formula is C26H27N3O5S. The lowest BCUT2D eigenvalue weighted by atomic mass is 10.0. The number of methoxy groups -OCH3 is 3. The molecular weight excluding hydrogens is 466 g/mol. The first-order chi connectivity index (χ1) is 16.9. The number of carbonyl (C=O) groups excluding carboxylic acids is 2. The largest absolute Gasteiger partial charge is 0.497 e. The van der Waals surface area contributed by atoms with E-state index in [-0.39, 0.29) is 24.4 Å². The zero-order valence-electron chi connectivity index (χ0n) is 20.1. The van der Waals surface area contributed by atoms with Gasteiger partial charge in [-0.1, -0.05) is 12.1 Å². The van der Waals surface area contributed by atoms with Crippen molar-refractivity contribution in [2.24, 2.45) is 5.10 Å². The maximum absolute atomic E-state index is 13.4. The van der Waals surface area contributed by atoms with Gasteiger partial charge in [0.05, 0.1) is 38.0 Å². The standard InChI is InChI=1S/C26H27N3O5S/c1-28(26(31)17-7-10-19(32-2)11-8-17)16-25(30)29-21(15-20(27-29)24-6-5-13-35-24)18-9-12-22(33-3)23(14-18)34-4/h5-14,21H,15-16H2,1-4H3/t21-/m0/s1. The highest BCUT2D eigenvalue weighted by atomic mass is 32.1. The monoisotopic (exact) mass is 493 g/mol. The molecule has 8 nitrogen and oxygen atoms in total. The second kappa shape index (κ2) is 10.6. The lowest BCUT2D eigenvalue weighted by molar-refractivity contribution is -0.133. The van der Waals surface area contributed by atoms with Crippen LogP contribution < -0.4 is 14.2 Å². The predicted octanol–water partition coefficient (Wildman–Crippen LogP) is 4.22. The van der Waals surface area contributed by atoms with Crippen molar-refractivity contribution in [3.05, 3.63) is 76.0 Å². The predicted molar refractivity (Wildman–Crippen MR) is 135 cm³/mol. The van der Waals surface area contributed by atoms with Crippen LogP contribution in [0.15, 0.2) is 65.1 Å². The van der Waals surface area contributed by atoms with Crippen molar-refractivity contribution in [3.63, 3.8) is 0 Å². The van der Waals surface area contributed by atoms with Gasteiger partial charge in [-0.05, 0) is 53.4 Å². The number of likely N-dealkylation sites (N-methyl/N-ethyl adjacent to an activating group) is 1. The zero-order chi connectivity index (χ0) is 24.9. The van der Waals surface area contributed by atoms with E-state index in [2.05, 4.69) is 5.10 Å². The summed E-state index contributed by atoms with van der Waals surface area (Å²) in [4.78, 5) is 28.7. The van der Waals surface area contributed by atoms with Crippen molar-refractivity contribution < 1.29 is 23.8 Å². The van der Waals surface area contributed by atoms with Gasteiger partial charge in [0.2, 0.25) is 0 Å². The molecule has 0 aliphatic carbocycles. The molecule has 4 rings (SSSR count). The maximum atomic E-state index is 13.4. The molecule has 0 fully saturated rings. The van der Waals surface area contributed by atoms with E-state index in [1.165, 1.54) is 9.91 Å². The number of hydrogen-bond donors (Lipinski definition) is 0. The number of rotatable bonds is 8. The Balaban J connectivity index is 1.58. The van der Waals surface area contributed by atoms with E-state index < -0.39 is 0 Å². The highest BCUT2D eigenvalue weighted by Crippen LogP contribution is 2.38. The maximum Gasteiger partial charge on any atom is 0.262 e. The van der Waals surface area contributed by atoms with Crippen LogP contribution in [0, 0.1) is 0 Å². The molecule has 182 valence electrons. The molecule has 35 heavy (non-hydrogen) atoms. The van der Waals surface area contributed by atoms with E-state index in [0.29, 0.717) is 29.2 Å². The third-order valence-electron chi connectivity index (χ3n) is 5.82. The van der Waals surface area contributed by atoms with Crippen molar-refractivity contribution in [1.29, 1.82) is 0 Å². The van der Waals surface area contributed by atoms with Crippen LogP contribution in [0.5, 0.6) is 17.2 Å². The molecule has 2 aromatic carbocycles. The summed E-state index contributed by atoms with van der Waals surface area (Å²) in [5.41, 5.74) is 2.18. The molecule has 3 aromatic rings. The van der Waals surface area contributed by atoms with Crippen LogP contribution in [0.4, 0.5) is 0 Å². The lowest BCUT2D eigenvalue weighted by Crippen LogP contribution is -2.39. The summed E-state index contributed by atoms with van der Waals surface area (Å²) in [5.74, 6) is 1.31. The summed E-state index contributed by atoms with van der Waals surface area (Å²) < 4.78 is 16.0. The smallest absolute Gasteiger partial charge is 0.262 e. The third-order valence-corrected chi connectivity index (χ3v) is 6.74. The molecule has 0 saturated heterocycles. The summed E-state index contributed by atoms with van der Waals surface area (Å²) >= 11 is 1.58. The van der Waals surface area contributed by atoms with E-state index in [0.717, 1.165) is 16.2 Å². The van der Waals surface area contributed by atoms with Gasteiger partial charge in [0, 0.05) is 19.0 Å². The number of nitrogens with zero attached hydrogens (tertiary/aromatic N) is 3. The Kier molecular flexibility index (Phi) is 7.36. The summed E-state index contributed by atoms with van der Waals surface area (Å²) in [5, 5.41) is 8.14. The normalized spacial score (nSPS) is 14.9. The van der Waals surface area contributed by atoms with E-state index in [4.69, 9.17) is 14.2 Å². The number of amides is 2. The molecule has 0 N–H and O–H groups in total. The molecule has 1 aliphatic heterocycles. The molecule has 1 atom stereocenters. The van der Waals surface area contributed by atoms with E-state index >= 15 is 0 Å². The average molecular weight is 494 g/mol. The van der Waals surface area contributed by atoms with Crippen LogP contribution in [0.3, 0.4) is 0 Å². The quantitative estimate of drug-likeness (QED) is 0.469. The van der Waals surface area contributed by atoms with Gasteiger partial charge in [0.15, 0.2) is 11.5 Å². The Morgan fingerprint density at radius 3 is 2.40 bits per heavy atom. The highest BCUT2D eigenvalue weighted by molar-refractivity contribution is 7.12. The first-order valence-electron chi connectivity index (χ1n) is 11.0. The molecule has 0 saturated carbocycles. The lowest BCUT2D eigenvalue weighted by Gasteiger charge is -2.25. The number of hydrazone groups is 1. The molecule has 0 spiro atoms. The molecule has 2 amide bonds. The summed E-state index contributed by atoms with van der Waals surface area (Å²) in [6, 6.07) is 16.0. The van der Waals surface area contributed by atoms with Crippen molar-refractivity contribution in [2.45, 2.75) is 12.5 Å². The van der Waals surface area contributed by atoms with Crippen LogP contribution in [0.2, 0.25) is 0 Å². The minimum atomic E-state index is -0.330. The van der Waals surface area contributed by atoms with Gasteiger partial charge in [0.25, 0.3) is 11.8 Å². The Hall–Kier alpha value is -3.85. The summed E-state index contributed by atoms with van der Waals surface area (Å²) in [7, 11) is 6.33. The van der Waals surface area contributed by atoms with Gasteiger partial charge in [-0.3, -0.25) is 9.59 Å². The zero-order valence-corrected chi connectivity index (χ0v) is 20.9. The molecule has 9 heteroatoms. The van der Waals surface area contributed by atoms with Crippen molar-refractivity contribution >= 4 is 28.9 Å². The van der Waals surface area contributed by atoms with Gasteiger partial charge in [0.1, 0.15) is 12.3 Å². The molecule has 0 radical (unpaired) electrons. The van der Waals surface area contributed by atoms with Gasteiger partial charge in [-0.2, -0.15) is 5.10 Å². The second-order valence-corrected chi connectivity index (χ2v) is 8.93. The first-order valence-corrected chi connectivity index (χ1v) is 11.9. The van der Waals surface area contributed by atoms with Crippen LogP contribution in [-0.2, 0) is 4.79 Å². The van der Waals surface area contributed by atoms with E-state index in [9.17, 15) is 9.59 Å². The van der Waals surface area contributed by atoms with Crippen LogP contribution in [0.25, 0.3) is 0 Å². The van der Waals surface area contributed by atoms with Crippen molar-refractivity contribution in [1.82, 2.24) is 9.91 Å². The fraction of sp³-hybridized carbons (Fsp3) is 0.269. The fourth-order valence-electron chi connectivity index (χ4n) is 3.95. The highest BCUT2D eigenvalue weighted by Gasteiger charge is 2.34. The van der Waals surface area contributed by atoms with E-state index in [1.54, 1.807) is 64.0 Å². The summed E-state index contributed by atoms with van der Waals surface area (Å²) in [6.45, 7) is -0.115. The minimum absolute atomic E-state index is 0.115. The number of carbonyl (C=O) groups is 2. The average Bonchev–Trinajstić information content (AvgIpc) is 3.58. The molecule has 1 aliphatic rings. The summed E-state index contributed by atoms with van der Waals surface area (Å²) in [6.07, 6.45) is 0.553. The van der Waals surface area contributed by atoms with Crippen LogP contribution in [-0.4, -0.2) is 62.4 Å². The Labute approximate surface area is 208 Å². The molecule has 1 aromatic heterocycles. The van der Waals surface area contributed by atoms with Gasteiger partial charge >= 0.3 is 0 Å². The van der Waals surface area contributed by atoms with Gasteiger partial charge in [-0.15, -0.1) is 11.3 Å². The number of benzene rings is 2. The Bertz CT molecular complexity index is 1220. The molecule has 0 unspecified atom stereocenters. The minimum Gasteiger partial charge on any atom is -0.497 e. The molecule has 0 bridgehead atoms. The van der Waals surface area contributed by atoms with Crippen LogP contribution in [0.1, 0.15) is 33.3 Å².